The summed E-state index contributed by atoms with van der Waals surface area (Å²) in [6, 6.07) is 14.2. The first kappa shape index (κ1) is 18.2. The summed E-state index contributed by atoms with van der Waals surface area (Å²) in [6.45, 7) is 6.48. The SMILES string of the molecule is CC(C)(C)c1ccc(-c2nnc(SCC(=O)c3ccc(O)cc3)o2)cc1. The van der Waals surface area contributed by atoms with Crippen molar-refractivity contribution in [1.82, 2.24) is 10.2 Å². The van der Waals surface area contributed by atoms with Gasteiger partial charge in [0.1, 0.15) is 5.75 Å². The van der Waals surface area contributed by atoms with Crippen LogP contribution in [0.4, 0.5) is 0 Å². The molecule has 1 aromatic heterocycles. The van der Waals surface area contributed by atoms with Gasteiger partial charge in [0.05, 0.1) is 5.75 Å². The average molecular weight is 368 g/mol. The highest BCUT2D eigenvalue weighted by atomic mass is 32.2. The first-order valence-electron chi connectivity index (χ1n) is 8.22. The number of hydrogen-bond donors (Lipinski definition) is 1. The summed E-state index contributed by atoms with van der Waals surface area (Å²) >= 11 is 1.20. The normalized spacial score (nSPS) is 11.5. The van der Waals surface area contributed by atoms with Crippen molar-refractivity contribution in [3.05, 3.63) is 59.7 Å². The number of thioether (sulfide) groups is 1. The fraction of sp³-hybridized carbons (Fsp3) is 0.250. The van der Waals surface area contributed by atoms with Crippen molar-refractivity contribution in [1.29, 1.82) is 0 Å². The molecule has 26 heavy (non-hydrogen) atoms. The summed E-state index contributed by atoms with van der Waals surface area (Å²) in [4.78, 5) is 12.1. The average Bonchev–Trinajstić information content (AvgIpc) is 3.09. The Morgan fingerprint density at radius 3 is 2.31 bits per heavy atom. The molecular formula is C20H20N2O3S. The van der Waals surface area contributed by atoms with E-state index in [-0.39, 0.29) is 22.7 Å². The second kappa shape index (κ2) is 7.33. The van der Waals surface area contributed by atoms with Gasteiger partial charge in [0.25, 0.3) is 5.22 Å². The number of ketones is 1. The molecule has 0 aliphatic rings. The molecule has 2 aromatic carbocycles. The molecule has 0 fully saturated rings. The van der Waals surface area contributed by atoms with Crippen LogP contribution in [0.1, 0.15) is 36.7 Å². The quantitative estimate of drug-likeness (QED) is 0.519. The maximum atomic E-state index is 12.1. The third-order valence-corrected chi connectivity index (χ3v) is 4.74. The lowest BCUT2D eigenvalue weighted by molar-refractivity contribution is 0.102. The highest BCUT2D eigenvalue weighted by Crippen LogP contribution is 2.27. The van der Waals surface area contributed by atoms with Crippen molar-refractivity contribution in [2.75, 3.05) is 5.75 Å². The van der Waals surface area contributed by atoms with Crippen LogP contribution in [0, 0.1) is 0 Å². The Morgan fingerprint density at radius 2 is 1.69 bits per heavy atom. The summed E-state index contributed by atoms with van der Waals surface area (Å²) in [5.41, 5.74) is 2.70. The predicted molar refractivity (Wildman–Crippen MR) is 102 cm³/mol. The number of phenolic OH excluding ortho intramolecular Hbond substituents is 1. The standard InChI is InChI=1S/C20H20N2O3S/c1-20(2,3)15-8-4-14(5-9-15)18-21-22-19(25-18)26-12-17(24)13-6-10-16(23)11-7-13/h4-11,23H,12H2,1-3H3. The molecule has 3 rings (SSSR count). The van der Waals surface area contributed by atoms with Gasteiger partial charge in [0, 0.05) is 11.1 Å². The molecule has 0 unspecified atom stereocenters. The Hall–Kier alpha value is -2.60. The largest absolute Gasteiger partial charge is 0.508 e. The molecule has 0 atom stereocenters. The van der Waals surface area contributed by atoms with Crippen LogP contribution in [0.25, 0.3) is 11.5 Å². The first-order valence-corrected chi connectivity index (χ1v) is 9.21. The Balaban J connectivity index is 1.64. The Bertz CT molecular complexity index is 894. The highest BCUT2D eigenvalue weighted by molar-refractivity contribution is 7.99. The van der Waals surface area contributed by atoms with E-state index in [2.05, 4.69) is 43.1 Å². The molecular weight excluding hydrogens is 348 g/mol. The molecule has 0 aliphatic heterocycles. The number of Topliss-reactive ketones (excluding diaryl/α,β-unsaturated/α-hetero) is 1. The van der Waals surface area contributed by atoms with Crippen molar-refractivity contribution in [2.45, 2.75) is 31.4 Å². The molecule has 0 bridgehead atoms. The molecule has 0 saturated carbocycles. The van der Waals surface area contributed by atoms with E-state index in [1.807, 2.05) is 12.1 Å². The van der Waals surface area contributed by atoms with E-state index >= 15 is 0 Å². The van der Waals surface area contributed by atoms with Gasteiger partial charge in [-0.25, -0.2) is 0 Å². The minimum atomic E-state index is -0.0655. The van der Waals surface area contributed by atoms with Gasteiger partial charge in [0.2, 0.25) is 5.89 Å². The second-order valence-electron chi connectivity index (χ2n) is 6.96. The topological polar surface area (TPSA) is 76.2 Å². The van der Waals surface area contributed by atoms with Crippen molar-refractivity contribution in [3.8, 4) is 17.2 Å². The number of hydrogen-bond acceptors (Lipinski definition) is 6. The van der Waals surface area contributed by atoms with Crippen molar-refractivity contribution < 1.29 is 14.3 Å². The van der Waals surface area contributed by atoms with Crippen LogP contribution in [0.15, 0.2) is 58.2 Å². The number of carbonyl (C=O) groups is 1. The van der Waals surface area contributed by atoms with Crippen LogP contribution in [-0.4, -0.2) is 26.8 Å². The first-order chi connectivity index (χ1) is 12.3. The van der Waals surface area contributed by atoms with Crippen LogP contribution in [-0.2, 0) is 5.41 Å². The number of rotatable bonds is 5. The third kappa shape index (κ3) is 4.32. The van der Waals surface area contributed by atoms with Gasteiger partial charge < -0.3 is 9.52 Å². The van der Waals surface area contributed by atoms with Gasteiger partial charge >= 0.3 is 0 Å². The zero-order valence-corrected chi connectivity index (χ0v) is 15.7. The van der Waals surface area contributed by atoms with E-state index < -0.39 is 0 Å². The maximum Gasteiger partial charge on any atom is 0.277 e. The minimum Gasteiger partial charge on any atom is -0.508 e. The van der Waals surface area contributed by atoms with E-state index in [1.54, 1.807) is 12.1 Å². The lowest BCUT2D eigenvalue weighted by Gasteiger charge is -2.18. The van der Waals surface area contributed by atoms with Crippen molar-refractivity contribution in [2.24, 2.45) is 0 Å². The van der Waals surface area contributed by atoms with Crippen molar-refractivity contribution >= 4 is 17.5 Å². The summed E-state index contributed by atoms with van der Waals surface area (Å²) in [6.07, 6.45) is 0. The zero-order chi connectivity index (χ0) is 18.7. The fourth-order valence-corrected chi connectivity index (χ4v) is 3.01. The molecule has 6 heteroatoms. The number of carbonyl (C=O) groups excluding carboxylic acids is 1. The molecule has 1 N–H and O–H groups in total. The van der Waals surface area contributed by atoms with Gasteiger partial charge in [-0.15, -0.1) is 10.2 Å². The van der Waals surface area contributed by atoms with E-state index in [4.69, 9.17) is 4.42 Å². The third-order valence-electron chi connectivity index (χ3n) is 3.92. The molecule has 0 aliphatic carbocycles. The van der Waals surface area contributed by atoms with Crippen LogP contribution >= 0.6 is 11.8 Å². The zero-order valence-electron chi connectivity index (χ0n) is 14.9. The van der Waals surface area contributed by atoms with E-state index in [9.17, 15) is 9.90 Å². The highest BCUT2D eigenvalue weighted by Gasteiger charge is 2.15. The summed E-state index contributed by atoms with van der Waals surface area (Å²) in [7, 11) is 0. The summed E-state index contributed by atoms with van der Waals surface area (Å²) in [5, 5.41) is 17.7. The molecule has 0 spiro atoms. The van der Waals surface area contributed by atoms with Crippen LogP contribution < -0.4 is 0 Å². The molecule has 1 heterocycles. The number of benzene rings is 2. The summed E-state index contributed by atoms with van der Waals surface area (Å²) in [5.74, 6) is 0.692. The number of phenols is 1. The van der Waals surface area contributed by atoms with Gasteiger partial charge in [-0.3, -0.25) is 4.79 Å². The number of aromatic nitrogens is 2. The predicted octanol–water partition coefficient (Wildman–Crippen LogP) is 4.71. The van der Waals surface area contributed by atoms with Crippen LogP contribution in [0.2, 0.25) is 0 Å². The van der Waals surface area contributed by atoms with E-state index in [0.29, 0.717) is 16.7 Å². The number of aromatic hydroxyl groups is 1. The van der Waals surface area contributed by atoms with Gasteiger partial charge in [0.15, 0.2) is 5.78 Å². The van der Waals surface area contributed by atoms with E-state index in [0.717, 1.165) is 5.56 Å². The molecule has 3 aromatic rings. The monoisotopic (exact) mass is 368 g/mol. The van der Waals surface area contributed by atoms with Gasteiger partial charge in [-0.1, -0.05) is 44.7 Å². The molecule has 0 saturated heterocycles. The van der Waals surface area contributed by atoms with Gasteiger partial charge in [-0.2, -0.15) is 0 Å². The Kier molecular flexibility index (Phi) is 5.13. The van der Waals surface area contributed by atoms with Crippen molar-refractivity contribution in [3.63, 3.8) is 0 Å². The van der Waals surface area contributed by atoms with E-state index in [1.165, 1.54) is 29.5 Å². The second-order valence-corrected chi connectivity index (χ2v) is 7.89. The minimum absolute atomic E-state index is 0.0655. The lowest BCUT2D eigenvalue weighted by atomic mass is 9.87. The maximum absolute atomic E-state index is 12.1. The Labute approximate surface area is 156 Å². The Morgan fingerprint density at radius 1 is 1.04 bits per heavy atom. The van der Waals surface area contributed by atoms with Crippen LogP contribution in [0.5, 0.6) is 5.75 Å². The van der Waals surface area contributed by atoms with Crippen LogP contribution in [0.3, 0.4) is 0 Å². The molecule has 134 valence electrons. The molecule has 0 radical (unpaired) electrons. The number of nitrogens with zero attached hydrogens (tertiary/aromatic N) is 2. The molecule has 5 nitrogen and oxygen atoms in total. The summed E-state index contributed by atoms with van der Waals surface area (Å²) < 4.78 is 5.65. The lowest BCUT2D eigenvalue weighted by Crippen LogP contribution is -2.10. The fourth-order valence-electron chi connectivity index (χ4n) is 2.36. The molecule has 0 amide bonds. The van der Waals surface area contributed by atoms with Gasteiger partial charge in [-0.05, 0) is 47.4 Å². The smallest absolute Gasteiger partial charge is 0.277 e.